The number of hydrogen-bond donors (Lipinski definition) is 0. The minimum atomic E-state index is -4.69. The normalized spacial score (nSPS) is 12.7. The van der Waals surface area contributed by atoms with Crippen LogP contribution in [0.15, 0.2) is 34.7 Å². The van der Waals surface area contributed by atoms with Crippen LogP contribution in [0.3, 0.4) is 0 Å². The molecule has 0 bridgehead atoms. The summed E-state index contributed by atoms with van der Waals surface area (Å²) in [4.78, 5) is 0. The summed E-state index contributed by atoms with van der Waals surface area (Å²) in [7, 11) is -4.69. The molecule has 0 saturated carbocycles. The van der Waals surface area contributed by atoms with Gasteiger partial charge in [0.1, 0.15) is 14.5 Å². The molecule has 15 heavy (non-hydrogen) atoms. The van der Waals surface area contributed by atoms with Crippen molar-refractivity contribution in [2.24, 2.45) is 0 Å². The van der Waals surface area contributed by atoms with Crippen LogP contribution in [0.25, 0.3) is 5.03 Å². The van der Waals surface area contributed by atoms with E-state index in [0.29, 0.717) is 5.56 Å². The summed E-state index contributed by atoms with van der Waals surface area (Å²) in [5.74, 6) is 0. The Morgan fingerprint density at radius 2 is 1.60 bits per heavy atom. The number of benzene rings is 1. The van der Waals surface area contributed by atoms with E-state index in [0.717, 1.165) is 0 Å². The summed E-state index contributed by atoms with van der Waals surface area (Å²) in [6, 6.07) is 8.14. The average molecular weight is 275 g/mol. The molecule has 0 aliphatic rings. The number of hydrogen-bond acceptors (Lipinski definition) is 3. The maximum Gasteiger partial charge on any atom is 1.00 e. The van der Waals surface area contributed by atoms with Crippen LogP contribution >= 0.6 is 23.2 Å². The summed E-state index contributed by atoms with van der Waals surface area (Å²) < 4.78 is 30.7. The van der Waals surface area contributed by atoms with Crippen molar-refractivity contribution in [3.8, 4) is 0 Å². The van der Waals surface area contributed by atoms with Gasteiger partial charge in [0.25, 0.3) is 0 Å². The predicted octanol–water partition coefficient (Wildman–Crippen LogP) is -0.661. The zero-order chi connectivity index (χ0) is 10.8. The Kier molecular flexibility index (Phi) is 6.44. The molecule has 0 fully saturated rings. The zero-order valence-corrected chi connectivity index (χ0v) is 12.1. The van der Waals surface area contributed by atoms with Gasteiger partial charge in [-0.25, -0.2) is 8.42 Å². The summed E-state index contributed by atoms with van der Waals surface area (Å²) in [5.41, 5.74) is 0.388. The summed E-state index contributed by atoms with van der Waals surface area (Å²) in [6.07, 6.45) is 0. The van der Waals surface area contributed by atoms with E-state index in [9.17, 15) is 13.0 Å². The van der Waals surface area contributed by atoms with E-state index in [4.69, 9.17) is 23.2 Å². The van der Waals surface area contributed by atoms with E-state index >= 15 is 0 Å². The van der Waals surface area contributed by atoms with Crippen molar-refractivity contribution in [1.82, 2.24) is 0 Å². The topological polar surface area (TPSA) is 57.2 Å². The second-order valence-electron chi connectivity index (χ2n) is 2.41. The predicted molar refractivity (Wildman–Crippen MR) is 54.8 cm³/mol. The first-order chi connectivity index (χ1) is 6.43. The SMILES string of the molecule is O=S(=O)([O-])C(Cl)=C(Cl)c1ccccc1.[Na+]. The van der Waals surface area contributed by atoms with E-state index in [1.165, 1.54) is 0 Å². The quantitative estimate of drug-likeness (QED) is 0.532. The standard InChI is InChI=1S/C8H6Cl2O3S.Na/c9-7(8(10)14(11,12)13)6-4-2-1-3-5-6;/h1-5H,(H,11,12,13);/q;+1/p-1. The summed E-state index contributed by atoms with van der Waals surface area (Å²) in [6.45, 7) is 0. The second-order valence-corrected chi connectivity index (χ2v) is 4.70. The minimum absolute atomic E-state index is 0. The zero-order valence-electron chi connectivity index (χ0n) is 7.78. The molecule has 1 aromatic carbocycles. The average Bonchev–Trinajstić information content (AvgIpc) is 2.15. The first-order valence-electron chi connectivity index (χ1n) is 3.49. The molecule has 0 radical (unpaired) electrons. The van der Waals surface area contributed by atoms with Gasteiger partial charge in [-0.1, -0.05) is 53.5 Å². The Bertz CT molecular complexity index is 456. The van der Waals surface area contributed by atoms with E-state index in [-0.39, 0.29) is 34.6 Å². The first-order valence-corrected chi connectivity index (χ1v) is 5.66. The summed E-state index contributed by atoms with van der Waals surface area (Å²) >= 11 is 10.9. The second kappa shape index (κ2) is 6.25. The third-order valence-electron chi connectivity index (χ3n) is 1.42. The van der Waals surface area contributed by atoms with Crippen LogP contribution in [0.1, 0.15) is 5.56 Å². The monoisotopic (exact) mass is 274 g/mol. The van der Waals surface area contributed by atoms with Gasteiger partial charge >= 0.3 is 29.6 Å². The number of rotatable bonds is 2. The fourth-order valence-electron chi connectivity index (χ4n) is 0.808. The minimum Gasteiger partial charge on any atom is -0.743 e. The molecule has 0 atom stereocenters. The molecule has 0 aliphatic carbocycles. The van der Waals surface area contributed by atoms with Crippen LogP contribution in [-0.2, 0) is 10.1 Å². The molecule has 0 saturated heterocycles. The van der Waals surface area contributed by atoms with Crippen molar-refractivity contribution in [2.45, 2.75) is 0 Å². The van der Waals surface area contributed by atoms with Crippen LogP contribution in [0.5, 0.6) is 0 Å². The Balaban J connectivity index is 0.00000196. The van der Waals surface area contributed by atoms with E-state index in [1.807, 2.05) is 0 Å². The van der Waals surface area contributed by atoms with Crippen molar-refractivity contribution < 1.29 is 42.5 Å². The molecule has 0 N–H and O–H groups in total. The molecule has 0 heterocycles. The van der Waals surface area contributed by atoms with E-state index in [2.05, 4.69) is 0 Å². The first kappa shape index (κ1) is 15.4. The van der Waals surface area contributed by atoms with Crippen molar-refractivity contribution in [3.05, 3.63) is 40.3 Å². The van der Waals surface area contributed by atoms with Crippen LogP contribution < -0.4 is 29.6 Å². The Hall–Kier alpha value is 0.450. The van der Waals surface area contributed by atoms with Gasteiger partial charge < -0.3 is 4.55 Å². The van der Waals surface area contributed by atoms with Crippen LogP contribution in [0.4, 0.5) is 0 Å². The molecule has 0 aliphatic heterocycles. The van der Waals surface area contributed by atoms with E-state index < -0.39 is 14.5 Å². The van der Waals surface area contributed by atoms with Crippen molar-refractivity contribution >= 4 is 38.4 Å². The molecule has 1 rings (SSSR count). The maximum absolute atomic E-state index is 10.5. The van der Waals surface area contributed by atoms with Gasteiger partial charge in [0, 0.05) is 0 Å². The molecule has 1 aromatic rings. The molecule has 0 unspecified atom stereocenters. The molecule has 0 aromatic heterocycles. The molecular weight excluding hydrogens is 270 g/mol. The molecule has 7 heteroatoms. The molecule has 3 nitrogen and oxygen atoms in total. The van der Waals surface area contributed by atoms with E-state index in [1.54, 1.807) is 30.3 Å². The molecular formula is C8H5Cl2NaO3S. The molecule has 76 valence electrons. The largest absolute Gasteiger partial charge is 1.00 e. The Morgan fingerprint density at radius 3 is 2.00 bits per heavy atom. The van der Waals surface area contributed by atoms with Gasteiger partial charge in [-0.05, 0) is 5.56 Å². The van der Waals surface area contributed by atoms with Gasteiger partial charge in [0.2, 0.25) is 0 Å². The molecule has 0 amide bonds. The van der Waals surface area contributed by atoms with Gasteiger partial charge in [-0.3, -0.25) is 0 Å². The Labute approximate surface area is 120 Å². The summed E-state index contributed by atoms with van der Waals surface area (Å²) in [5, 5.41) is -0.262. The fraction of sp³-hybridized carbons (Fsp3) is 0. The van der Waals surface area contributed by atoms with Crippen LogP contribution in [0.2, 0.25) is 0 Å². The van der Waals surface area contributed by atoms with Crippen molar-refractivity contribution in [1.29, 1.82) is 0 Å². The smallest absolute Gasteiger partial charge is 0.743 e. The van der Waals surface area contributed by atoms with Gasteiger partial charge in [0.15, 0.2) is 0 Å². The van der Waals surface area contributed by atoms with Crippen molar-refractivity contribution in [2.75, 3.05) is 0 Å². The van der Waals surface area contributed by atoms with Gasteiger partial charge in [-0.15, -0.1) is 0 Å². The third kappa shape index (κ3) is 4.44. The Morgan fingerprint density at radius 1 is 1.13 bits per heavy atom. The number of halogens is 2. The van der Waals surface area contributed by atoms with Crippen molar-refractivity contribution in [3.63, 3.8) is 0 Å². The van der Waals surface area contributed by atoms with Crippen LogP contribution in [-0.4, -0.2) is 13.0 Å². The molecule has 0 spiro atoms. The fourth-order valence-corrected chi connectivity index (χ4v) is 1.66. The maximum atomic E-state index is 10.5. The van der Waals surface area contributed by atoms with Gasteiger partial charge in [-0.2, -0.15) is 0 Å². The van der Waals surface area contributed by atoms with Gasteiger partial charge in [0.05, 0.1) is 5.03 Å². The van der Waals surface area contributed by atoms with Crippen LogP contribution in [0, 0.1) is 0 Å². The third-order valence-corrected chi connectivity index (χ3v) is 3.43.